The highest BCUT2D eigenvalue weighted by atomic mass is 19.1. The van der Waals surface area contributed by atoms with Crippen LogP contribution < -0.4 is 20.3 Å². The Morgan fingerprint density at radius 1 is 1.03 bits per heavy atom. The average Bonchev–Trinajstić information content (AvgIpc) is 2.83. The number of hydrogen-bond acceptors (Lipinski definition) is 5. The number of nitrogens with one attached hydrogen (secondary N) is 1. The zero-order chi connectivity index (χ0) is 23.5. The topological polar surface area (TPSA) is 86.6 Å². The van der Waals surface area contributed by atoms with Gasteiger partial charge in [0.2, 0.25) is 0 Å². The van der Waals surface area contributed by atoms with Crippen molar-refractivity contribution in [1.29, 1.82) is 0 Å². The highest BCUT2D eigenvalue weighted by Crippen LogP contribution is 2.25. The van der Waals surface area contributed by atoms with E-state index in [0.29, 0.717) is 53.3 Å². The van der Waals surface area contributed by atoms with Crippen LogP contribution in [0.4, 0.5) is 4.39 Å². The van der Waals surface area contributed by atoms with Crippen LogP contribution >= 0.6 is 0 Å². The molecule has 1 heterocycles. The highest BCUT2D eigenvalue weighted by molar-refractivity contribution is 6.02. The van der Waals surface area contributed by atoms with Crippen molar-refractivity contribution in [2.45, 2.75) is 25.8 Å². The molecule has 0 atom stereocenters. The van der Waals surface area contributed by atoms with E-state index in [1.54, 1.807) is 18.2 Å². The zero-order valence-electron chi connectivity index (χ0n) is 18.3. The van der Waals surface area contributed by atoms with E-state index in [2.05, 4.69) is 5.32 Å². The van der Waals surface area contributed by atoms with Crippen molar-refractivity contribution in [3.8, 4) is 17.2 Å². The van der Waals surface area contributed by atoms with Gasteiger partial charge in [0.25, 0.3) is 11.5 Å². The maximum atomic E-state index is 13.5. The summed E-state index contributed by atoms with van der Waals surface area (Å²) < 4.78 is 25.4. The van der Waals surface area contributed by atoms with E-state index in [1.807, 2.05) is 0 Å². The van der Waals surface area contributed by atoms with E-state index in [4.69, 9.17) is 9.47 Å². The molecule has 0 radical (unpaired) electrons. The summed E-state index contributed by atoms with van der Waals surface area (Å²) in [5, 5.41) is 2.73. The second kappa shape index (κ2) is 9.28. The summed E-state index contributed by atoms with van der Waals surface area (Å²) in [6.07, 6.45) is 1.46. The van der Waals surface area contributed by atoms with Gasteiger partial charge in [0, 0.05) is 35.5 Å². The Kier molecular flexibility index (Phi) is 6.26. The molecule has 33 heavy (non-hydrogen) atoms. The average molecular weight is 450 g/mol. The van der Waals surface area contributed by atoms with Crippen molar-refractivity contribution in [3.63, 3.8) is 0 Å². The minimum atomic E-state index is -0.623. The molecule has 0 bridgehead atoms. The fourth-order valence-electron chi connectivity index (χ4n) is 4.01. The Hall–Kier alpha value is -3.94. The Balaban J connectivity index is 1.74. The largest absolute Gasteiger partial charge is 0.497 e. The lowest BCUT2D eigenvalue weighted by Gasteiger charge is -2.21. The van der Waals surface area contributed by atoms with Crippen molar-refractivity contribution >= 4 is 11.7 Å². The molecule has 3 aromatic rings. The molecule has 2 aromatic carbocycles. The molecule has 0 unspecified atom stereocenters. The Morgan fingerprint density at radius 3 is 2.48 bits per heavy atom. The first kappa shape index (κ1) is 22.3. The number of benzene rings is 2. The summed E-state index contributed by atoms with van der Waals surface area (Å²) in [4.78, 5) is 39.0. The summed E-state index contributed by atoms with van der Waals surface area (Å²) in [6.45, 7) is 0.0836. The number of pyridine rings is 1. The Morgan fingerprint density at radius 2 is 1.79 bits per heavy atom. The van der Waals surface area contributed by atoms with Crippen molar-refractivity contribution < 1.29 is 23.5 Å². The first-order chi connectivity index (χ1) is 15.9. The number of fused-ring (bicyclic) bond motifs is 1. The van der Waals surface area contributed by atoms with Crippen LogP contribution in [0.1, 0.15) is 44.8 Å². The summed E-state index contributed by atoms with van der Waals surface area (Å²) in [5.74, 6) is -0.0473. The fourth-order valence-corrected chi connectivity index (χ4v) is 4.01. The van der Waals surface area contributed by atoms with Crippen molar-refractivity contribution in [1.82, 2.24) is 9.88 Å². The number of halogens is 1. The summed E-state index contributed by atoms with van der Waals surface area (Å²) in [7, 11) is 3.05. The number of carbonyl (C=O) groups is 2. The van der Waals surface area contributed by atoms with Crippen LogP contribution in [0.25, 0.3) is 5.69 Å². The number of ether oxygens (including phenoxy) is 2. The van der Waals surface area contributed by atoms with Gasteiger partial charge in [-0.2, -0.15) is 0 Å². The molecule has 8 heteroatoms. The lowest BCUT2D eigenvalue weighted by Crippen LogP contribution is -2.36. The number of Topliss-reactive ketones (excluding diaryl/α,β-unsaturated/α-hetero) is 1. The van der Waals surface area contributed by atoms with Crippen molar-refractivity contribution in [2.24, 2.45) is 0 Å². The van der Waals surface area contributed by atoms with Crippen LogP contribution in [-0.2, 0) is 13.0 Å². The summed E-state index contributed by atoms with van der Waals surface area (Å²) in [6, 6.07) is 11.9. The van der Waals surface area contributed by atoms with Gasteiger partial charge >= 0.3 is 0 Å². The molecule has 4 rings (SSSR count). The molecule has 170 valence electrons. The summed E-state index contributed by atoms with van der Waals surface area (Å²) in [5.41, 5.74) is 1.22. The van der Waals surface area contributed by atoms with Gasteiger partial charge < -0.3 is 14.8 Å². The molecule has 0 saturated carbocycles. The van der Waals surface area contributed by atoms with Crippen LogP contribution in [0.2, 0.25) is 0 Å². The Labute approximate surface area is 189 Å². The molecule has 7 nitrogen and oxygen atoms in total. The number of amides is 1. The molecule has 0 fully saturated rings. The number of carbonyl (C=O) groups excluding carboxylic acids is 2. The van der Waals surface area contributed by atoms with Crippen LogP contribution in [0.15, 0.2) is 53.3 Å². The van der Waals surface area contributed by atoms with Gasteiger partial charge in [0.15, 0.2) is 5.78 Å². The van der Waals surface area contributed by atoms with E-state index in [9.17, 15) is 18.8 Å². The Bertz CT molecular complexity index is 1280. The maximum Gasteiger partial charge on any atom is 0.268 e. The monoisotopic (exact) mass is 450 g/mol. The van der Waals surface area contributed by atoms with Gasteiger partial charge in [-0.3, -0.25) is 19.0 Å². The SMILES string of the molecule is COc1ccc(OC)c(CNC(=O)c2cc3c(n(-c4ccc(F)cc4)c2=O)CCCC3=O)c1. The molecule has 0 aliphatic heterocycles. The first-order valence-electron chi connectivity index (χ1n) is 10.5. The first-order valence-corrected chi connectivity index (χ1v) is 10.5. The van der Waals surface area contributed by atoms with Crippen LogP contribution in [0.3, 0.4) is 0 Å². The third-order valence-corrected chi connectivity index (χ3v) is 5.68. The second-order valence-corrected chi connectivity index (χ2v) is 7.67. The second-order valence-electron chi connectivity index (χ2n) is 7.67. The quantitative estimate of drug-likeness (QED) is 0.622. The van der Waals surface area contributed by atoms with E-state index >= 15 is 0 Å². The fraction of sp³-hybridized carbons (Fsp3) is 0.240. The van der Waals surface area contributed by atoms with Gasteiger partial charge in [-0.05, 0) is 61.4 Å². The van der Waals surface area contributed by atoms with Gasteiger partial charge in [0.1, 0.15) is 22.9 Å². The molecular formula is C25H23FN2O5. The predicted octanol–water partition coefficient (Wildman–Crippen LogP) is 3.44. The van der Waals surface area contributed by atoms with Crippen LogP contribution in [-0.4, -0.2) is 30.5 Å². The number of methoxy groups -OCH3 is 2. The number of hydrogen-bond donors (Lipinski definition) is 1. The molecule has 1 aromatic heterocycles. The smallest absolute Gasteiger partial charge is 0.268 e. The molecule has 0 spiro atoms. The zero-order valence-corrected chi connectivity index (χ0v) is 18.3. The minimum absolute atomic E-state index is 0.0836. The number of rotatable bonds is 6. The number of aromatic nitrogens is 1. The van der Waals surface area contributed by atoms with E-state index in [-0.39, 0.29) is 17.9 Å². The number of ketones is 1. The molecule has 1 aliphatic rings. The van der Waals surface area contributed by atoms with Gasteiger partial charge in [-0.15, -0.1) is 0 Å². The third kappa shape index (κ3) is 4.37. The number of nitrogens with zero attached hydrogens (tertiary/aromatic N) is 1. The van der Waals surface area contributed by atoms with Crippen molar-refractivity contribution in [2.75, 3.05) is 14.2 Å². The molecule has 1 aliphatic carbocycles. The predicted molar refractivity (Wildman–Crippen MR) is 120 cm³/mol. The van der Waals surface area contributed by atoms with Gasteiger partial charge in [0.05, 0.1) is 14.2 Å². The molecular weight excluding hydrogens is 427 g/mol. The van der Waals surface area contributed by atoms with E-state index in [0.717, 1.165) is 0 Å². The highest BCUT2D eigenvalue weighted by Gasteiger charge is 2.26. The standard InChI is InChI=1S/C25H23FN2O5/c1-32-18-10-11-23(33-2)15(12-18)14-27-24(30)20-13-19-21(4-3-5-22(19)29)28(25(20)31)17-8-6-16(26)7-9-17/h6-13H,3-5,14H2,1-2H3,(H,27,30). The van der Waals surface area contributed by atoms with E-state index in [1.165, 1.54) is 49.1 Å². The van der Waals surface area contributed by atoms with Crippen LogP contribution in [0, 0.1) is 5.82 Å². The molecule has 1 amide bonds. The van der Waals surface area contributed by atoms with Gasteiger partial charge in [-0.25, -0.2) is 4.39 Å². The maximum absolute atomic E-state index is 13.5. The van der Waals surface area contributed by atoms with E-state index < -0.39 is 17.3 Å². The third-order valence-electron chi connectivity index (χ3n) is 5.68. The van der Waals surface area contributed by atoms with Crippen LogP contribution in [0.5, 0.6) is 11.5 Å². The molecule has 1 N–H and O–H groups in total. The lowest BCUT2D eigenvalue weighted by molar-refractivity contribution is 0.0948. The van der Waals surface area contributed by atoms with Crippen molar-refractivity contribution in [3.05, 3.63) is 87.1 Å². The van der Waals surface area contributed by atoms with Gasteiger partial charge in [-0.1, -0.05) is 0 Å². The molecule has 0 saturated heterocycles. The summed E-state index contributed by atoms with van der Waals surface area (Å²) >= 11 is 0. The normalized spacial score (nSPS) is 12.8. The minimum Gasteiger partial charge on any atom is -0.497 e. The lowest BCUT2D eigenvalue weighted by atomic mass is 9.92.